The highest BCUT2D eigenvalue weighted by Gasteiger charge is 2.30. The minimum atomic E-state index is -4.96. The maximum atomic E-state index is 13.1. The molecule has 0 radical (unpaired) electrons. The van der Waals surface area contributed by atoms with Crippen LogP contribution < -0.4 is 0 Å². The predicted octanol–water partition coefficient (Wildman–Crippen LogP) is 26.0. The number of aliphatic hydroxyl groups excluding tert-OH is 1. The fraction of sp³-hybridized carbons (Fsp3) is 0.953. The van der Waals surface area contributed by atoms with Crippen LogP contribution in [0.4, 0.5) is 0 Å². The summed E-state index contributed by atoms with van der Waals surface area (Å²) in [5.41, 5.74) is 0. The zero-order chi connectivity index (χ0) is 76.2. The number of esters is 4. The van der Waals surface area contributed by atoms with Gasteiger partial charge in [-0.15, -0.1) is 0 Å². The van der Waals surface area contributed by atoms with Gasteiger partial charge < -0.3 is 33.8 Å². The lowest BCUT2D eigenvalue weighted by atomic mass is 10.0. The Bertz CT molecular complexity index is 1980. The first kappa shape index (κ1) is 102. The molecule has 0 aliphatic rings. The van der Waals surface area contributed by atoms with E-state index in [-0.39, 0.29) is 25.7 Å². The van der Waals surface area contributed by atoms with Crippen molar-refractivity contribution in [1.82, 2.24) is 0 Å². The first-order valence-electron chi connectivity index (χ1n) is 44.1. The normalized spacial score (nSPS) is 13.8. The number of rotatable bonds is 85. The molecule has 0 saturated carbocycles. The second kappa shape index (κ2) is 77.8. The van der Waals surface area contributed by atoms with Crippen LogP contribution in [0.5, 0.6) is 0 Å². The smallest absolute Gasteiger partial charge is 0.462 e. The van der Waals surface area contributed by atoms with Gasteiger partial charge in [0.25, 0.3) is 0 Å². The molecule has 0 spiro atoms. The van der Waals surface area contributed by atoms with Gasteiger partial charge in [-0.25, -0.2) is 9.13 Å². The van der Waals surface area contributed by atoms with Crippen molar-refractivity contribution in [3.63, 3.8) is 0 Å². The molecule has 0 amide bonds. The van der Waals surface area contributed by atoms with Gasteiger partial charge in [0.1, 0.15) is 19.3 Å². The Kier molecular flexibility index (Phi) is 76.3. The maximum absolute atomic E-state index is 13.1. The van der Waals surface area contributed by atoms with Gasteiger partial charge in [-0.2, -0.15) is 0 Å². The summed E-state index contributed by atoms with van der Waals surface area (Å²) in [5.74, 6) is -1.42. The lowest BCUT2D eigenvalue weighted by Gasteiger charge is -2.21. The Morgan fingerprint density at radius 1 is 0.260 bits per heavy atom. The van der Waals surface area contributed by atoms with E-state index in [1.165, 1.54) is 276 Å². The highest BCUT2D eigenvalue weighted by Crippen LogP contribution is 2.45. The summed E-state index contributed by atoms with van der Waals surface area (Å²) in [7, 11) is -9.92. The number of carbonyl (C=O) groups is 4. The molecule has 0 heterocycles. The number of phosphoric acid groups is 2. The second-order valence-corrected chi connectivity index (χ2v) is 34.0. The molecular formula is C85H166O17P2. The van der Waals surface area contributed by atoms with Crippen LogP contribution in [0.1, 0.15) is 458 Å². The summed E-state index contributed by atoms with van der Waals surface area (Å²) in [4.78, 5) is 73.1. The molecule has 0 aliphatic carbocycles. The van der Waals surface area contributed by atoms with E-state index >= 15 is 0 Å². The van der Waals surface area contributed by atoms with Gasteiger partial charge >= 0.3 is 39.5 Å². The van der Waals surface area contributed by atoms with Crippen molar-refractivity contribution >= 4 is 39.5 Å². The van der Waals surface area contributed by atoms with Gasteiger partial charge in [0.15, 0.2) is 12.2 Å². The molecular weight excluding hydrogens is 1350 g/mol. The van der Waals surface area contributed by atoms with E-state index in [4.69, 9.17) is 37.0 Å². The van der Waals surface area contributed by atoms with E-state index in [0.717, 1.165) is 96.3 Å². The summed E-state index contributed by atoms with van der Waals surface area (Å²) in [6.07, 6.45) is 71.1. The van der Waals surface area contributed by atoms with Crippen LogP contribution in [0, 0.1) is 5.92 Å². The molecule has 5 atom stereocenters. The molecule has 0 aromatic rings. The quantitative estimate of drug-likeness (QED) is 0.0222. The summed E-state index contributed by atoms with van der Waals surface area (Å²) in [5, 5.41) is 10.7. The van der Waals surface area contributed by atoms with Crippen LogP contribution in [-0.4, -0.2) is 96.7 Å². The van der Waals surface area contributed by atoms with Gasteiger partial charge in [-0.1, -0.05) is 407 Å². The fourth-order valence-electron chi connectivity index (χ4n) is 13.3. The van der Waals surface area contributed by atoms with Crippen molar-refractivity contribution in [2.45, 2.75) is 477 Å². The summed E-state index contributed by atoms with van der Waals surface area (Å²) >= 11 is 0. The number of hydrogen-bond donors (Lipinski definition) is 3. The molecule has 3 N–H and O–H groups in total. The minimum Gasteiger partial charge on any atom is -0.462 e. The standard InChI is InChI=1S/C85H166O17P2/c1-6-9-12-15-18-21-24-27-30-32-34-36-38-41-43-46-49-52-58-63-68-82(87)95-74-80(101-84(89)70-66-61-54-51-48-45-42-39-37-35-33-31-28-25-22-19-16-13-10-7-2)76-99-103(91,92)97-72-79(86)73-98-104(93,94)100-77-81(75-96-83(88)69-64-59-56-55-57-62-67-78(4)5)102-85(90)71-65-60-53-50-47-44-40-29-26-23-20-17-14-11-8-3/h78-81,86H,6-77H2,1-5H3,(H,91,92)(H,93,94)/t79-,80-,81-/m1/s1. The minimum absolute atomic E-state index is 0.108. The highest BCUT2D eigenvalue weighted by atomic mass is 31.2. The van der Waals surface area contributed by atoms with E-state index in [2.05, 4.69) is 34.6 Å². The van der Waals surface area contributed by atoms with E-state index in [9.17, 15) is 43.2 Å². The zero-order valence-corrected chi connectivity index (χ0v) is 70.0. The molecule has 2 unspecified atom stereocenters. The average molecular weight is 1520 g/mol. The van der Waals surface area contributed by atoms with E-state index < -0.39 is 97.5 Å². The Balaban J connectivity index is 5.20. The first-order valence-corrected chi connectivity index (χ1v) is 47.1. The Labute approximate surface area is 638 Å². The predicted molar refractivity (Wildman–Crippen MR) is 428 cm³/mol. The van der Waals surface area contributed by atoms with Crippen molar-refractivity contribution < 1.29 is 80.2 Å². The lowest BCUT2D eigenvalue weighted by Crippen LogP contribution is -2.30. The van der Waals surface area contributed by atoms with Crippen molar-refractivity contribution in [2.75, 3.05) is 39.6 Å². The third kappa shape index (κ3) is 78.2. The van der Waals surface area contributed by atoms with Crippen LogP contribution in [0.15, 0.2) is 0 Å². The fourth-order valence-corrected chi connectivity index (χ4v) is 14.9. The number of aliphatic hydroxyl groups is 1. The van der Waals surface area contributed by atoms with Crippen LogP contribution in [0.3, 0.4) is 0 Å². The third-order valence-electron chi connectivity index (χ3n) is 20.0. The van der Waals surface area contributed by atoms with Crippen LogP contribution in [0.25, 0.3) is 0 Å². The Morgan fingerprint density at radius 2 is 0.442 bits per heavy atom. The number of carbonyl (C=O) groups excluding carboxylic acids is 4. The maximum Gasteiger partial charge on any atom is 0.472 e. The van der Waals surface area contributed by atoms with Gasteiger partial charge in [0.05, 0.1) is 26.4 Å². The van der Waals surface area contributed by atoms with E-state index in [1.807, 2.05) is 0 Å². The molecule has 0 fully saturated rings. The molecule has 0 saturated heterocycles. The third-order valence-corrected chi connectivity index (χ3v) is 21.9. The van der Waals surface area contributed by atoms with E-state index in [1.54, 1.807) is 0 Å². The SMILES string of the molecule is CCCCCCCCCCCCCCCCCCCCCCC(=O)OC[C@H](COP(=O)(O)OC[C@@H](O)COP(=O)(O)OC[C@@H](COC(=O)CCCCCCCCC(C)C)OC(=O)CCCCCCCCCCCCCCCCC)OC(=O)CCCCCCCCCCCCCCCCCCCCCC. The van der Waals surface area contributed by atoms with Crippen molar-refractivity contribution in [2.24, 2.45) is 5.92 Å². The van der Waals surface area contributed by atoms with Crippen LogP contribution in [-0.2, 0) is 65.4 Å². The molecule has 0 rings (SSSR count). The Hall–Kier alpha value is -1.94. The van der Waals surface area contributed by atoms with Crippen molar-refractivity contribution in [3.05, 3.63) is 0 Å². The second-order valence-electron chi connectivity index (χ2n) is 31.1. The van der Waals surface area contributed by atoms with Gasteiger partial charge in [-0.05, 0) is 31.6 Å². The number of ether oxygens (including phenoxy) is 4. The van der Waals surface area contributed by atoms with Gasteiger partial charge in [0.2, 0.25) is 0 Å². The average Bonchev–Trinajstić information content (AvgIpc) is 0.915. The summed E-state index contributed by atoms with van der Waals surface area (Å²) in [6, 6.07) is 0. The number of hydrogen-bond acceptors (Lipinski definition) is 15. The topological polar surface area (TPSA) is 237 Å². The summed E-state index contributed by atoms with van der Waals surface area (Å²) in [6.45, 7) is 7.27. The van der Waals surface area contributed by atoms with Gasteiger partial charge in [0, 0.05) is 25.7 Å². The summed E-state index contributed by atoms with van der Waals surface area (Å²) < 4.78 is 68.8. The molecule has 618 valence electrons. The van der Waals surface area contributed by atoms with E-state index in [0.29, 0.717) is 31.6 Å². The lowest BCUT2D eigenvalue weighted by molar-refractivity contribution is -0.161. The van der Waals surface area contributed by atoms with Crippen LogP contribution in [0.2, 0.25) is 0 Å². The molecule has 0 bridgehead atoms. The molecule has 104 heavy (non-hydrogen) atoms. The number of phosphoric ester groups is 2. The largest absolute Gasteiger partial charge is 0.472 e. The number of unbranched alkanes of at least 4 members (excludes halogenated alkanes) is 57. The van der Waals surface area contributed by atoms with Crippen LogP contribution >= 0.6 is 15.6 Å². The van der Waals surface area contributed by atoms with Crippen molar-refractivity contribution in [3.8, 4) is 0 Å². The molecule has 0 aromatic heterocycles. The molecule has 19 heteroatoms. The molecule has 0 aliphatic heterocycles. The van der Waals surface area contributed by atoms with Gasteiger partial charge in [-0.3, -0.25) is 37.3 Å². The Morgan fingerprint density at radius 3 is 0.654 bits per heavy atom. The highest BCUT2D eigenvalue weighted by molar-refractivity contribution is 7.47. The zero-order valence-electron chi connectivity index (χ0n) is 68.2. The van der Waals surface area contributed by atoms with Crippen molar-refractivity contribution in [1.29, 1.82) is 0 Å². The first-order chi connectivity index (χ1) is 50.5. The molecule has 17 nitrogen and oxygen atoms in total. The monoisotopic (exact) mass is 1520 g/mol. The molecule has 0 aromatic carbocycles.